The first-order chi connectivity index (χ1) is 9.87. The van der Waals surface area contributed by atoms with Crippen LogP contribution in [0.25, 0.3) is 0 Å². The number of benzene rings is 1. The Morgan fingerprint density at radius 2 is 2.14 bits per heavy atom. The minimum absolute atomic E-state index is 0.0139. The first-order valence-electron chi connectivity index (χ1n) is 5.63. The van der Waals surface area contributed by atoms with Gasteiger partial charge >= 0.3 is 0 Å². The molecule has 0 atom stereocenters. The van der Waals surface area contributed by atoms with Crippen LogP contribution in [-0.4, -0.2) is 20.6 Å². The summed E-state index contributed by atoms with van der Waals surface area (Å²) in [5.74, 6) is 0.482. The van der Waals surface area contributed by atoms with Crippen molar-refractivity contribution in [1.29, 1.82) is 0 Å². The highest BCUT2D eigenvalue weighted by atomic mass is 79.9. The molecule has 0 fully saturated rings. The SMILES string of the molecule is COc1cc(NS(=O)(=O)c2cc(CO)oc2Br)ccc1Cl. The van der Waals surface area contributed by atoms with Gasteiger partial charge in [-0.1, -0.05) is 11.6 Å². The molecule has 1 aromatic carbocycles. The van der Waals surface area contributed by atoms with Gasteiger partial charge in [0.25, 0.3) is 10.0 Å². The van der Waals surface area contributed by atoms with Gasteiger partial charge in [0.05, 0.1) is 17.8 Å². The summed E-state index contributed by atoms with van der Waals surface area (Å²) in [6.07, 6.45) is 0. The lowest BCUT2D eigenvalue weighted by Crippen LogP contribution is -2.12. The van der Waals surface area contributed by atoms with Crippen LogP contribution >= 0.6 is 27.5 Å². The predicted octanol–water partition coefficient (Wildman–Crippen LogP) is 3.00. The molecule has 0 saturated carbocycles. The molecular weight excluding hydrogens is 386 g/mol. The van der Waals surface area contributed by atoms with E-state index in [0.29, 0.717) is 10.8 Å². The van der Waals surface area contributed by atoms with Gasteiger partial charge in [-0.15, -0.1) is 0 Å². The van der Waals surface area contributed by atoms with E-state index in [1.165, 1.54) is 31.4 Å². The van der Waals surface area contributed by atoms with E-state index < -0.39 is 16.6 Å². The molecule has 21 heavy (non-hydrogen) atoms. The fraction of sp³-hybridized carbons (Fsp3) is 0.167. The number of hydrogen-bond acceptors (Lipinski definition) is 5. The zero-order valence-electron chi connectivity index (χ0n) is 10.8. The lowest BCUT2D eigenvalue weighted by Gasteiger charge is -2.09. The molecule has 2 N–H and O–H groups in total. The van der Waals surface area contributed by atoms with Crippen LogP contribution in [0.4, 0.5) is 5.69 Å². The fourth-order valence-electron chi connectivity index (χ4n) is 1.59. The Morgan fingerprint density at radius 3 is 2.71 bits per heavy atom. The van der Waals surface area contributed by atoms with E-state index in [2.05, 4.69) is 20.7 Å². The number of hydrogen-bond donors (Lipinski definition) is 2. The Hall–Kier alpha value is -1.22. The van der Waals surface area contributed by atoms with Crippen molar-refractivity contribution in [2.24, 2.45) is 0 Å². The summed E-state index contributed by atoms with van der Waals surface area (Å²) in [7, 11) is -2.44. The number of nitrogens with one attached hydrogen (secondary N) is 1. The summed E-state index contributed by atoms with van der Waals surface area (Å²) >= 11 is 8.88. The maximum absolute atomic E-state index is 12.3. The fourth-order valence-corrected chi connectivity index (χ4v) is 3.84. The molecule has 9 heteroatoms. The molecular formula is C12H11BrClNO5S. The monoisotopic (exact) mass is 395 g/mol. The first-order valence-corrected chi connectivity index (χ1v) is 8.28. The van der Waals surface area contributed by atoms with Gasteiger partial charge in [-0.25, -0.2) is 8.42 Å². The summed E-state index contributed by atoms with van der Waals surface area (Å²) < 4.78 is 37.0. The van der Waals surface area contributed by atoms with E-state index in [0.717, 1.165) is 0 Å². The zero-order chi connectivity index (χ0) is 15.6. The van der Waals surface area contributed by atoms with Crippen LogP contribution in [0.1, 0.15) is 5.76 Å². The Morgan fingerprint density at radius 1 is 1.43 bits per heavy atom. The average Bonchev–Trinajstić information content (AvgIpc) is 2.83. The van der Waals surface area contributed by atoms with Crippen molar-refractivity contribution in [3.8, 4) is 5.75 Å². The first kappa shape index (κ1) is 16.2. The van der Waals surface area contributed by atoms with Gasteiger partial charge in [0.15, 0.2) is 4.67 Å². The van der Waals surface area contributed by atoms with Crippen molar-refractivity contribution in [1.82, 2.24) is 0 Å². The highest BCUT2D eigenvalue weighted by molar-refractivity contribution is 9.10. The number of halogens is 2. The predicted molar refractivity (Wildman–Crippen MR) is 81.1 cm³/mol. The van der Waals surface area contributed by atoms with Gasteiger partial charge in [-0.3, -0.25) is 4.72 Å². The lowest BCUT2D eigenvalue weighted by atomic mass is 10.3. The zero-order valence-corrected chi connectivity index (χ0v) is 13.9. The topological polar surface area (TPSA) is 88.8 Å². The summed E-state index contributed by atoms with van der Waals surface area (Å²) in [4.78, 5) is -0.111. The van der Waals surface area contributed by atoms with E-state index >= 15 is 0 Å². The molecule has 0 radical (unpaired) electrons. The largest absolute Gasteiger partial charge is 0.495 e. The van der Waals surface area contributed by atoms with Crippen LogP contribution in [-0.2, 0) is 16.6 Å². The molecule has 0 unspecified atom stereocenters. The van der Waals surface area contributed by atoms with Gasteiger partial charge < -0.3 is 14.3 Å². The molecule has 0 amide bonds. The number of sulfonamides is 1. The van der Waals surface area contributed by atoms with Crippen LogP contribution in [0.5, 0.6) is 5.75 Å². The summed E-state index contributed by atoms with van der Waals surface area (Å²) in [5, 5.41) is 9.34. The minimum Gasteiger partial charge on any atom is -0.495 e. The molecule has 2 aromatic rings. The normalized spacial score (nSPS) is 11.4. The van der Waals surface area contributed by atoms with Gasteiger partial charge in [-0.05, 0) is 28.1 Å². The Bertz CT molecular complexity index is 759. The maximum Gasteiger partial charge on any atom is 0.266 e. The molecule has 0 aliphatic heterocycles. The second kappa shape index (κ2) is 6.27. The molecule has 2 rings (SSSR count). The van der Waals surface area contributed by atoms with E-state index in [1.54, 1.807) is 0 Å². The number of anilines is 1. The van der Waals surface area contributed by atoms with Crippen LogP contribution in [0, 0.1) is 0 Å². The molecule has 6 nitrogen and oxygen atoms in total. The van der Waals surface area contributed by atoms with Crippen molar-refractivity contribution in [3.63, 3.8) is 0 Å². The number of furan rings is 1. The quantitative estimate of drug-likeness (QED) is 0.811. The van der Waals surface area contributed by atoms with Gasteiger partial charge in [0.1, 0.15) is 23.0 Å². The average molecular weight is 397 g/mol. The molecule has 0 spiro atoms. The smallest absolute Gasteiger partial charge is 0.266 e. The van der Waals surface area contributed by atoms with E-state index in [4.69, 9.17) is 25.9 Å². The Balaban J connectivity index is 2.35. The maximum atomic E-state index is 12.3. The van der Waals surface area contributed by atoms with Crippen LogP contribution < -0.4 is 9.46 Å². The highest BCUT2D eigenvalue weighted by Gasteiger charge is 2.22. The number of ether oxygens (including phenoxy) is 1. The molecule has 0 saturated heterocycles. The number of methoxy groups -OCH3 is 1. The van der Waals surface area contributed by atoms with Crippen molar-refractivity contribution in [2.45, 2.75) is 11.5 Å². The molecule has 114 valence electrons. The van der Waals surface area contributed by atoms with E-state index in [9.17, 15) is 8.42 Å². The van der Waals surface area contributed by atoms with Crippen LogP contribution in [0.15, 0.2) is 38.2 Å². The molecule has 0 aliphatic rings. The van der Waals surface area contributed by atoms with Crippen molar-refractivity contribution in [2.75, 3.05) is 11.8 Å². The molecule has 0 bridgehead atoms. The standard InChI is InChI=1S/C12H11BrClNO5S/c1-19-10-4-7(2-3-9(10)14)15-21(17,18)11-5-8(6-16)20-12(11)13/h2-5,15-16H,6H2,1H3. The lowest BCUT2D eigenvalue weighted by molar-refractivity contribution is 0.245. The minimum atomic E-state index is -3.87. The Kier molecular flexibility index (Phi) is 4.82. The van der Waals surface area contributed by atoms with Gasteiger partial charge in [0.2, 0.25) is 0 Å². The Labute approximate surface area is 134 Å². The van der Waals surface area contributed by atoms with Crippen molar-refractivity contribution >= 4 is 43.2 Å². The second-order valence-electron chi connectivity index (χ2n) is 3.96. The van der Waals surface area contributed by atoms with Crippen molar-refractivity contribution < 1.29 is 22.7 Å². The van der Waals surface area contributed by atoms with Crippen LogP contribution in [0.3, 0.4) is 0 Å². The summed E-state index contributed by atoms with van der Waals surface area (Å²) in [5.41, 5.74) is 0.287. The second-order valence-corrected chi connectivity index (χ2v) is 6.74. The highest BCUT2D eigenvalue weighted by Crippen LogP contribution is 2.31. The van der Waals surface area contributed by atoms with E-state index in [1.807, 2.05) is 0 Å². The van der Waals surface area contributed by atoms with Crippen LogP contribution in [0.2, 0.25) is 5.02 Å². The number of aliphatic hydroxyl groups excluding tert-OH is 1. The number of rotatable bonds is 5. The van der Waals surface area contributed by atoms with Gasteiger partial charge in [-0.2, -0.15) is 0 Å². The van der Waals surface area contributed by atoms with Crippen molar-refractivity contribution in [3.05, 3.63) is 39.7 Å². The molecule has 1 aromatic heterocycles. The third-order valence-corrected chi connectivity index (χ3v) is 5.11. The summed E-state index contributed by atoms with van der Waals surface area (Å²) in [6, 6.07) is 5.71. The molecule has 1 heterocycles. The van der Waals surface area contributed by atoms with E-state index in [-0.39, 0.29) is 21.0 Å². The number of aliphatic hydroxyl groups is 1. The summed E-state index contributed by atoms with van der Waals surface area (Å²) in [6.45, 7) is -0.400. The van der Waals surface area contributed by atoms with Gasteiger partial charge in [0, 0.05) is 12.1 Å². The third-order valence-electron chi connectivity index (χ3n) is 2.56. The third kappa shape index (κ3) is 3.52. The molecule has 0 aliphatic carbocycles.